The number of amides is 1. The third kappa shape index (κ3) is 2.88. The van der Waals surface area contributed by atoms with Crippen LogP contribution in [0, 0.1) is 13.8 Å². The monoisotopic (exact) mass is 435 g/mol. The molecule has 0 saturated heterocycles. The first-order chi connectivity index (χ1) is 12.5. The van der Waals surface area contributed by atoms with Gasteiger partial charge in [-0.05, 0) is 61.0 Å². The maximum Gasteiger partial charge on any atom is 0.281 e. The molecule has 0 aromatic carbocycles. The van der Waals surface area contributed by atoms with E-state index in [9.17, 15) is 9.59 Å². The Hall–Kier alpha value is -2.00. The summed E-state index contributed by atoms with van der Waals surface area (Å²) in [5.74, 6) is 0.159. The van der Waals surface area contributed by atoms with Gasteiger partial charge in [0.05, 0.1) is 21.7 Å². The summed E-state index contributed by atoms with van der Waals surface area (Å²) >= 11 is 4.98. The molecule has 0 saturated carbocycles. The van der Waals surface area contributed by atoms with E-state index in [4.69, 9.17) is 0 Å². The summed E-state index contributed by atoms with van der Waals surface area (Å²) in [5, 5.41) is 4.81. The van der Waals surface area contributed by atoms with E-state index >= 15 is 0 Å². The summed E-state index contributed by atoms with van der Waals surface area (Å²) in [7, 11) is 0. The van der Waals surface area contributed by atoms with E-state index in [1.165, 1.54) is 9.55 Å². The highest BCUT2D eigenvalue weighted by molar-refractivity contribution is 9.10. The minimum absolute atomic E-state index is 0.0308. The first-order valence-electron chi connectivity index (χ1n) is 8.47. The molecule has 7 nitrogen and oxygen atoms in total. The van der Waals surface area contributed by atoms with E-state index in [0.29, 0.717) is 11.2 Å². The molecule has 0 unspecified atom stereocenters. The van der Waals surface area contributed by atoms with Crippen molar-refractivity contribution in [3.05, 3.63) is 43.0 Å². The number of aromatic nitrogens is 4. The van der Waals surface area contributed by atoms with Gasteiger partial charge in [-0.3, -0.25) is 19.7 Å². The number of nitrogens with zero attached hydrogens (tertiary/aromatic N) is 4. The molecule has 0 atom stereocenters. The number of hydrogen-bond acceptors (Lipinski definition) is 5. The highest BCUT2D eigenvalue weighted by Crippen LogP contribution is 2.33. The number of aryl methyl sites for hydroxylation is 3. The molecular weight excluding hydrogens is 418 g/mol. The highest BCUT2D eigenvalue weighted by Gasteiger charge is 2.22. The van der Waals surface area contributed by atoms with Crippen molar-refractivity contribution in [2.45, 2.75) is 46.1 Å². The summed E-state index contributed by atoms with van der Waals surface area (Å²) in [5.41, 5.74) is 4.45. The molecule has 3 heterocycles. The van der Waals surface area contributed by atoms with Crippen molar-refractivity contribution in [1.82, 2.24) is 19.4 Å². The van der Waals surface area contributed by atoms with Crippen LogP contribution in [0.1, 0.15) is 34.8 Å². The fourth-order valence-corrected chi connectivity index (χ4v) is 4.91. The number of rotatable bonds is 3. The third-order valence-corrected chi connectivity index (χ3v) is 6.69. The normalized spacial score (nSPS) is 13.8. The second kappa shape index (κ2) is 6.62. The number of nitrogens with one attached hydrogen (secondary N) is 1. The average Bonchev–Trinajstić information content (AvgIpc) is 3.13. The highest BCUT2D eigenvalue weighted by atomic mass is 79.9. The summed E-state index contributed by atoms with van der Waals surface area (Å²) in [4.78, 5) is 32.1. The number of carbonyl (C=O) groups is 1. The number of fused-ring (bicyclic) bond motifs is 3. The molecule has 3 aromatic heterocycles. The van der Waals surface area contributed by atoms with Crippen molar-refractivity contribution in [3.8, 4) is 0 Å². The van der Waals surface area contributed by atoms with Gasteiger partial charge in [0.25, 0.3) is 11.5 Å². The lowest BCUT2D eigenvalue weighted by Crippen LogP contribution is -2.37. The van der Waals surface area contributed by atoms with E-state index in [1.807, 2.05) is 6.92 Å². The topological polar surface area (TPSA) is 81.8 Å². The first kappa shape index (κ1) is 17.4. The van der Waals surface area contributed by atoms with Crippen LogP contribution in [0.2, 0.25) is 0 Å². The van der Waals surface area contributed by atoms with Crippen LogP contribution in [0.4, 0.5) is 0 Å². The van der Waals surface area contributed by atoms with Crippen molar-refractivity contribution >= 4 is 43.4 Å². The Labute approximate surface area is 162 Å². The van der Waals surface area contributed by atoms with Gasteiger partial charge in [0.2, 0.25) is 0 Å². The lowest BCUT2D eigenvalue weighted by molar-refractivity contribution is -0.117. The summed E-state index contributed by atoms with van der Waals surface area (Å²) in [6.45, 7) is 3.63. The molecule has 26 heavy (non-hydrogen) atoms. The molecule has 0 bridgehead atoms. The first-order valence-corrected chi connectivity index (χ1v) is 10.1. The smallest absolute Gasteiger partial charge is 0.271 e. The number of thiophene rings is 1. The van der Waals surface area contributed by atoms with Gasteiger partial charge in [0, 0.05) is 4.88 Å². The predicted octanol–water partition coefficient (Wildman–Crippen LogP) is 2.68. The maximum atomic E-state index is 13.0. The van der Waals surface area contributed by atoms with E-state index in [0.717, 1.165) is 46.2 Å². The Morgan fingerprint density at radius 1 is 1.35 bits per heavy atom. The van der Waals surface area contributed by atoms with Gasteiger partial charge in [-0.1, -0.05) is 0 Å². The van der Waals surface area contributed by atoms with Gasteiger partial charge >= 0.3 is 0 Å². The van der Waals surface area contributed by atoms with E-state index in [-0.39, 0.29) is 18.0 Å². The summed E-state index contributed by atoms with van der Waals surface area (Å²) < 4.78 is 3.69. The average molecular weight is 436 g/mol. The zero-order valence-electron chi connectivity index (χ0n) is 14.5. The maximum absolute atomic E-state index is 13.0. The van der Waals surface area contributed by atoms with Crippen LogP contribution >= 0.6 is 27.3 Å². The summed E-state index contributed by atoms with van der Waals surface area (Å²) in [6, 6.07) is 0. The van der Waals surface area contributed by atoms with Crippen molar-refractivity contribution in [3.63, 3.8) is 0 Å². The Kier molecular flexibility index (Phi) is 4.44. The van der Waals surface area contributed by atoms with Crippen molar-refractivity contribution in [1.29, 1.82) is 0 Å². The second-order valence-electron chi connectivity index (χ2n) is 6.46. The van der Waals surface area contributed by atoms with Crippen LogP contribution in [0.5, 0.6) is 0 Å². The minimum atomic E-state index is -0.320. The fraction of sp³-hybridized carbons (Fsp3) is 0.412. The molecule has 4 rings (SSSR count). The predicted molar refractivity (Wildman–Crippen MR) is 104 cm³/mol. The Morgan fingerprint density at radius 2 is 2.12 bits per heavy atom. The largest absolute Gasteiger partial charge is 0.281 e. The van der Waals surface area contributed by atoms with E-state index in [1.54, 1.807) is 29.1 Å². The molecule has 9 heteroatoms. The molecule has 1 N–H and O–H groups in total. The molecule has 0 spiro atoms. The molecule has 1 amide bonds. The van der Waals surface area contributed by atoms with E-state index in [2.05, 4.69) is 31.4 Å². The van der Waals surface area contributed by atoms with Crippen molar-refractivity contribution in [2.75, 3.05) is 5.43 Å². The zero-order chi connectivity index (χ0) is 18.4. The Bertz CT molecular complexity index is 1080. The number of hydrogen-bond donors (Lipinski definition) is 1. The second-order valence-corrected chi connectivity index (χ2v) is 8.40. The molecule has 1 aliphatic rings. The molecule has 0 aliphatic heterocycles. The Balaban J connectivity index is 1.69. The molecule has 136 valence electrons. The molecule has 0 radical (unpaired) electrons. The Morgan fingerprint density at radius 3 is 2.85 bits per heavy atom. The van der Waals surface area contributed by atoms with Gasteiger partial charge in [-0.2, -0.15) is 5.10 Å². The SMILES string of the molecule is Cc1c(Br)cnn1CC(=O)Nn1c(C)nc2sc3c(c2c1=O)CCCC3. The van der Waals surface area contributed by atoms with Crippen LogP contribution in [-0.4, -0.2) is 25.3 Å². The van der Waals surface area contributed by atoms with Crippen LogP contribution in [0.25, 0.3) is 10.2 Å². The van der Waals surface area contributed by atoms with Gasteiger partial charge in [0.15, 0.2) is 0 Å². The molecule has 3 aromatic rings. The van der Waals surface area contributed by atoms with Gasteiger partial charge in [0.1, 0.15) is 17.2 Å². The van der Waals surface area contributed by atoms with Crippen LogP contribution in [-0.2, 0) is 24.2 Å². The standard InChI is InChI=1S/C17H18BrN5O2S/c1-9-12(18)7-19-22(9)8-14(24)21-23-10(2)20-16-15(17(23)25)11-5-3-4-6-13(11)26-16/h7H,3-6,8H2,1-2H3,(H,21,24). The molecular formula is C17H18BrN5O2S. The van der Waals surface area contributed by atoms with Crippen molar-refractivity contribution in [2.24, 2.45) is 0 Å². The summed E-state index contributed by atoms with van der Waals surface area (Å²) in [6.07, 6.45) is 5.80. The van der Waals surface area contributed by atoms with Crippen LogP contribution in [0.15, 0.2) is 15.5 Å². The quantitative estimate of drug-likeness (QED) is 0.685. The molecule has 0 fully saturated rings. The third-order valence-electron chi connectivity index (χ3n) is 4.73. The van der Waals surface area contributed by atoms with Crippen LogP contribution < -0.4 is 11.0 Å². The van der Waals surface area contributed by atoms with Crippen LogP contribution in [0.3, 0.4) is 0 Å². The van der Waals surface area contributed by atoms with Gasteiger partial charge in [-0.15, -0.1) is 11.3 Å². The lowest BCUT2D eigenvalue weighted by Gasteiger charge is -2.13. The fourth-order valence-electron chi connectivity index (χ4n) is 3.32. The number of carbonyl (C=O) groups excluding carboxylic acids is 1. The van der Waals surface area contributed by atoms with E-state index < -0.39 is 0 Å². The van der Waals surface area contributed by atoms with Gasteiger partial charge < -0.3 is 0 Å². The molecule has 1 aliphatic carbocycles. The zero-order valence-corrected chi connectivity index (χ0v) is 16.9. The minimum Gasteiger partial charge on any atom is -0.271 e. The lowest BCUT2D eigenvalue weighted by atomic mass is 9.97. The van der Waals surface area contributed by atoms with Gasteiger partial charge in [-0.25, -0.2) is 9.66 Å². The number of halogens is 1. The van der Waals surface area contributed by atoms with Crippen molar-refractivity contribution < 1.29 is 4.79 Å².